The number of hydrogen-bond acceptors (Lipinski definition) is 2. The van der Waals surface area contributed by atoms with Crippen LogP contribution in [0.3, 0.4) is 0 Å². The molecule has 2 fully saturated rings. The summed E-state index contributed by atoms with van der Waals surface area (Å²) >= 11 is 0. The van der Waals surface area contributed by atoms with Gasteiger partial charge in [-0.15, -0.1) is 0 Å². The van der Waals surface area contributed by atoms with Gasteiger partial charge >= 0.3 is 0 Å². The molecule has 2 aliphatic rings. The first-order valence-corrected chi connectivity index (χ1v) is 9.49. The van der Waals surface area contributed by atoms with Crippen LogP contribution in [-0.4, -0.2) is 49.1 Å². The number of likely N-dealkylation sites (tertiary alicyclic amines) is 2. The van der Waals surface area contributed by atoms with Crippen molar-refractivity contribution in [3.05, 3.63) is 0 Å². The monoisotopic (exact) mass is 296 g/mol. The predicted octanol–water partition coefficient (Wildman–Crippen LogP) is 4.65. The molecule has 2 aliphatic heterocycles. The van der Waals surface area contributed by atoms with E-state index in [1.165, 1.54) is 71.1 Å². The highest BCUT2D eigenvalue weighted by Crippen LogP contribution is 2.25. The molecule has 2 heterocycles. The summed E-state index contributed by atoms with van der Waals surface area (Å²) in [4.78, 5) is 5.21. The molecule has 0 amide bonds. The molecule has 0 spiro atoms. The van der Waals surface area contributed by atoms with E-state index < -0.39 is 0 Å². The van der Waals surface area contributed by atoms with Gasteiger partial charge in [0.25, 0.3) is 0 Å². The van der Waals surface area contributed by atoms with Gasteiger partial charge in [0.1, 0.15) is 0 Å². The SMILES string of the molecule is CC1CC(C)CN(C2CCN(C)C2)C1.CCCCCCC. The lowest BCUT2D eigenvalue weighted by molar-refractivity contribution is 0.0989. The van der Waals surface area contributed by atoms with Gasteiger partial charge in [-0.1, -0.05) is 59.8 Å². The number of rotatable bonds is 5. The van der Waals surface area contributed by atoms with E-state index in [9.17, 15) is 0 Å². The average molecular weight is 297 g/mol. The summed E-state index contributed by atoms with van der Waals surface area (Å²) < 4.78 is 0. The highest BCUT2D eigenvalue weighted by molar-refractivity contribution is 4.86. The quantitative estimate of drug-likeness (QED) is 0.682. The van der Waals surface area contributed by atoms with Gasteiger partial charge in [-0.2, -0.15) is 0 Å². The molecule has 0 bridgehead atoms. The largest absolute Gasteiger partial charge is 0.305 e. The van der Waals surface area contributed by atoms with Crippen LogP contribution in [0, 0.1) is 11.8 Å². The molecule has 0 saturated carbocycles. The first kappa shape index (κ1) is 19.0. The summed E-state index contributed by atoms with van der Waals surface area (Å²) in [5, 5.41) is 0. The minimum atomic E-state index is 0.852. The van der Waals surface area contributed by atoms with E-state index >= 15 is 0 Å². The topological polar surface area (TPSA) is 6.48 Å². The van der Waals surface area contributed by atoms with Gasteiger partial charge in [-0.05, 0) is 38.3 Å². The molecular weight excluding hydrogens is 256 g/mol. The zero-order valence-corrected chi connectivity index (χ0v) is 15.4. The number of piperidine rings is 1. The van der Waals surface area contributed by atoms with Crippen molar-refractivity contribution in [3.8, 4) is 0 Å². The first-order chi connectivity index (χ1) is 10.1. The normalized spacial score (nSPS) is 31.0. The summed E-state index contributed by atoms with van der Waals surface area (Å²) in [6, 6.07) is 0.852. The van der Waals surface area contributed by atoms with Crippen LogP contribution >= 0.6 is 0 Å². The smallest absolute Gasteiger partial charge is 0.0235 e. The molecule has 21 heavy (non-hydrogen) atoms. The fourth-order valence-corrected chi connectivity index (χ4v) is 3.90. The van der Waals surface area contributed by atoms with Gasteiger partial charge in [-0.25, -0.2) is 0 Å². The Morgan fingerprint density at radius 2 is 1.43 bits per heavy atom. The van der Waals surface area contributed by atoms with Crippen LogP contribution in [0.15, 0.2) is 0 Å². The third-order valence-electron chi connectivity index (χ3n) is 4.99. The lowest BCUT2D eigenvalue weighted by Crippen LogP contribution is -2.46. The molecule has 0 aliphatic carbocycles. The number of likely N-dealkylation sites (N-methyl/N-ethyl adjacent to an activating group) is 1. The lowest BCUT2D eigenvalue weighted by atomic mass is 9.91. The van der Waals surface area contributed by atoms with E-state index in [0.717, 1.165) is 17.9 Å². The van der Waals surface area contributed by atoms with Crippen LogP contribution in [0.5, 0.6) is 0 Å². The predicted molar refractivity (Wildman–Crippen MR) is 94.9 cm³/mol. The second-order valence-corrected chi connectivity index (χ2v) is 7.67. The summed E-state index contributed by atoms with van der Waals surface area (Å²) in [7, 11) is 2.25. The summed E-state index contributed by atoms with van der Waals surface area (Å²) in [6.07, 6.45) is 9.82. The van der Waals surface area contributed by atoms with Crippen molar-refractivity contribution < 1.29 is 0 Å². The van der Waals surface area contributed by atoms with Crippen LogP contribution in [0.25, 0.3) is 0 Å². The van der Waals surface area contributed by atoms with Crippen LogP contribution in [0.4, 0.5) is 0 Å². The zero-order chi connectivity index (χ0) is 15.7. The molecule has 2 nitrogen and oxygen atoms in total. The average Bonchev–Trinajstić information content (AvgIpc) is 2.86. The maximum absolute atomic E-state index is 2.74. The minimum absolute atomic E-state index is 0.852. The van der Waals surface area contributed by atoms with E-state index in [4.69, 9.17) is 0 Å². The van der Waals surface area contributed by atoms with Crippen molar-refractivity contribution in [3.63, 3.8) is 0 Å². The van der Waals surface area contributed by atoms with E-state index in [1.807, 2.05) is 0 Å². The van der Waals surface area contributed by atoms with E-state index in [2.05, 4.69) is 44.5 Å². The highest BCUT2D eigenvalue weighted by Gasteiger charge is 2.30. The molecule has 2 heteroatoms. The molecule has 2 rings (SSSR count). The van der Waals surface area contributed by atoms with Crippen LogP contribution < -0.4 is 0 Å². The maximum atomic E-state index is 2.74. The lowest BCUT2D eigenvalue weighted by Gasteiger charge is -2.38. The van der Waals surface area contributed by atoms with E-state index in [0.29, 0.717) is 0 Å². The molecule has 3 unspecified atom stereocenters. The van der Waals surface area contributed by atoms with Gasteiger partial charge < -0.3 is 4.90 Å². The van der Waals surface area contributed by atoms with Crippen LogP contribution in [0.2, 0.25) is 0 Å². The van der Waals surface area contributed by atoms with Crippen molar-refractivity contribution in [2.45, 2.75) is 78.7 Å². The molecule has 0 N–H and O–H groups in total. The molecule has 0 aromatic carbocycles. The Bertz CT molecular complexity index is 240. The van der Waals surface area contributed by atoms with Crippen molar-refractivity contribution in [1.82, 2.24) is 9.80 Å². The molecule has 0 aromatic rings. The number of unbranched alkanes of at least 4 members (excludes halogenated alkanes) is 4. The molecule has 0 aromatic heterocycles. The number of nitrogens with zero attached hydrogens (tertiary/aromatic N) is 2. The molecule has 2 saturated heterocycles. The van der Waals surface area contributed by atoms with E-state index in [1.54, 1.807) is 0 Å². The van der Waals surface area contributed by atoms with Gasteiger partial charge in [0.2, 0.25) is 0 Å². The summed E-state index contributed by atoms with van der Waals surface area (Å²) in [5.74, 6) is 1.81. The maximum Gasteiger partial charge on any atom is 0.0235 e. The zero-order valence-electron chi connectivity index (χ0n) is 15.4. The Hall–Kier alpha value is -0.0800. The summed E-state index contributed by atoms with van der Waals surface area (Å²) in [6.45, 7) is 14.6. The van der Waals surface area contributed by atoms with E-state index in [-0.39, 0.29) is 0 Å². The highest BCUT2D eigenvalue weighted by atomic mass is 15.2. The second kappa shape index (κ2) is 10.6. The first-order valence-electron chi connectivity index (χ1n) is 9.49. The Balaban J connectivity index is 0.000000270. The van der Waals surface area contributed by atoms with Crippen LogP contribution in [-0.2, 0) is 0 Å². The van der Waals surface area contributed by atoms with Gasteiger partial charge in [-0.3, -0.25) is 4.90 Å². The Labute approximate surface area is 134 Å². The third-order valence-corrected chi connectivity index (χ3v) is 4.99. The van der Waals surface area contributed by atoms with Crippen molar-refractivity contribution >= 4 is 0 Å². The van der Waals surface area contributed by atoms with Crippen LogP contribution in [0.1, 0.15) is 72.6 Å². The van der Waals surface area contributed by atoms with Gasteiger partial charge in [0.15, 0.2) is 0 Å². The Kier molecular flexibility index (Phi) is 9.59. The van der Waals surface area contributed by atoms with Gasteiger partial charge in [0, 0.05) is 25.7 Å². The summed E-state index contributed by atoms with van der Waals surface area (Å²) in [5.41, 5.74) is 0. The Morgan fingerprint density at radius 1 is 0.857 bits per heavy atom. The van der Waals surface area contributed by atoms with Crippen molar-refractivity contribution in [2.24, 2.45) is 11.8 Å². The molecule has 126 valence electrons. The minimum Gasteiger partial charge on any atom is -0.305 e. The van der Waals surface area contributed by atoms with Crippen molar-refractivity contribution in [1.29, 1.82) is 0 Å². The Morgan fingerprint density at radius 3 is 1.86 bits per heavy atom. The van der Waals surface area contributed by atoms with Gasteiger partial charge in [0.05, 0.1) is 0 Å². The fraction of sp³-hybridized carbons (Fsp3) is 1.00. The molecule has 0 radical (unpaired) electrons. The van der Waals surface area contributed by atoms with Crippen molar-refractivity contribution in [2.75, 3.05) is 33.2 Å². The second-order valence-electron chi connectivity index (χ2n) is 7.67. The number of hydrogen-bond donors (Lipinski definition) is 0. The molecular formula is C19H40N2. The fourth-order valence-electron chi connectivity index (χ4n) is 3.90. The third kappa shape index (κ3) is 7.65. The standard InChI is InChI=1S/C12H24N2.C7H16/c1-10-6-11(2)8-14(7-10)12-4-5-13(3)9-12;1-3-5-7-6-4-2/h10-12H,4-9H2,1-3H3;3-7H2,1-2H3. The molecule has 3 atom stereocenters.